The third kappa shape index (κ3) is 6.42. The number of hydrogen-bond donors (Lipinski definition) is 5. The fourth-order valence-corrected chi connectivity index (χ4v) is 4.90. The Morgan fingerprint density at radius 2 is 1.85 bits per heavy atom. The predicted molar refractivity (Wildman–Crippen MR) is 145 cm³/mol. The second-order valence-electron chi connectivity index (χ2n) is 9.35. The molecule has 2 aromatic carbocycles. The number of carboxylic acid groups (broad SMARTS) is 1. The van der Waals surface area contributed by atoms with E-state index in [0.29, 0.717) is 12.0 Å². The van der Waals surface area contributed by atoms with Gasteiger partial charge in [-0.15, -0.1) is 0 Å². The van der Waals surface area contributed by atoms with E-state index in [1.807, 2.05) is 31.2 Å². The highest BCUT2D eigenvalue weighted by molar-refractivity contribution is 7.89. The molecule has 0 aliphatic rings. The Bertz CT molecular complexity index is 1680. The highest BCUT2D eigenvalue weighted by atomic mass is 32.2. The van der Waals surface area contributed by atoms with Gasteiger partial charge in [-0.25, -0.2) is 23.3 Å². The highest BCUT2D eigenvalue weighted by Crippen LogP contribution is 2.24. The number of carbonyl (C=O) groups is 1. The van der Waals surface area contributed by atoms with Gasteiger partial charge in [-0.3, -0.25) is 0 Å². The van der Waals surface area contributed by atoms with Crippen LogP contribution in [0.1, 0.15) is 45.8 Å². The number of hydrogen-bond acceptors (Lipinski definition) is 8. The van der Waals surface area contributed by atoms with E-state index in [1.54, 1.807) is 22.8 Å². The van der Waals surface area contributed by atoms with Crippen LogP contribution in [-0.4, -0.2) is 46.7 Å². The number of sulfonamides is 1. The summed E-state index contributed by atoms with van der Waals surface area (Å²) in [5.74, 6) is -0.959. The molecule has 0 radical (unpaired) electrons. The number of nitrogens with one attached hydrogen (secondary N) is 1. The number of anilines is 1. The predicted octanol–water partition coefficient (Wildman–Crippen LogP) is 2.14. The van der Waals surface area contributed by atoms with Crippen molar-refractivity contribution in [2.24, 2.45) is 5.14 Å². The second kappa shape index (κ2) is 11.2. The van der Waals surface area contributed by atoms with Crippen LogP contribution in [0.2, 0.25) is 0 Å². The van der Waals surface area contributed by atoms with Crippen molar-refractivity contribution in [3.05, 3.63) is 88.7 Å². The van der Waals surface area contributed by atoms with Gasteiger partial charge in [-0.2, -0.15) is 5.26 Å². The molecule has 7 N–H and O–H groups in total. The van der Waals surface area contributed by atoms with Crippen LogP contribution in [0.4, 0.5) is 5.82 Å². The molecule has 4 aromatic rings. The van der Waals surface area contributed by atoms with Gasteiger partial charge < -0.3 is 25.8 Å². The van der Waals surface area contributed by atoms with Gasteiger partial charge in [0.05, 0.1) is 16.6 Å². The third-order valence-electron chi connectivity index (χ3n) is 6.42. The molecule has 2 heterocycles. The van der Waals surface area contributed by atoms with E-state index in [0.717, 1.165) is 22.0 Å². The molecule has 0 saturated carbocycles. The molecule has 0 fully saturated rings. The number of pyridine rings is 1. The topological polar surface area (TPSA) is 197 Å². The number of aliphatic hydroxyl groups excluding tert-OH is 1. The standard InChI is InChI=1S/C27H28N6O5S/c1-16(31-14-25(34)21-10-20(12-28)26(29)32-13-21)8-18-4-7-23-19(9-18)11-24(27(35)36)33(23)15-17-2-5-22(6-3-17)39(30,37)38/h2-7,9-11,13,16,25,31,34H,8,14-15H2,1H3,(H2,29,32)(H,35,36)(H2,30,37,38). The number of primary sulfonamides is 1. The van der Waals surface area contributed by atoms with Gasteiger partial charge in [0.15, 0.2) is 0 Å². The first-order valence-electron chi connectivity index (χ1n) is 12.0. The number of rotatable bonds is 10. The van der Waals surface area contributed by atoms with Crippen LogP contribution in [-0.2, 0) is 23.0 Å². The van der Waals surface area contributed by atoms with Crippen molar-refractivity contribution in [1.82, 2.24) is 14.9 Å². The van der Waals surface area contributed by atoms with Crippen molar-refractivity contribution in [2.45, 2.75) is 36.9 Å². The minimum absolute atomic E-state index is 0.0148. The first-order chi connectivity index (χ1) is 18.5. The summed E-state index contributed by atoms with van der Waals surface area (Å²) >= 11 is 0. The molecule has 2 unspecified atom stereocenters. The maximum Gasteiger partial charge on any atom is 0.352 e. The number of nitrogen functional groups attached to an aromatic ring is 1. The number of carboxylic acids is 1. The highest BCUT2D eigenvalue weighted by Gasteiger charge is 2.17. The molecular formula is C27H28N6O5S. The van der Waals surface area contributed by atoms with Crippen LogP contribution >= 0.6 is 0 Å². The second-order valence-corrected chi connectivity index (χ2v) is 10.9. The molecule has 12 heteroatoms. The van der Waals surface area contributed by atoms with Crippen molar-refractivity contribution < 1.29 is 23.4 Å². The van der Waals surface area contributed by atoms with Crippen LogP contribution in [0.25, 0.3) is 10.9 Å². The molecule has 0 aliphatic carbocycles. The number of fused-ring (bicyclic) bond motifs is 1. The van der Waals surface area contributed by atoms with Gasteiger partial charge >= 0.3 is 5.97 Å². The third-order valence-corrected chi connectivity index (χ3v) is 7.35. The molecule has 0 aliphatic heterocycles. The Balaban J connectivity index is 1.47. The van der Waals surface area contributed by atoms with Crippen molar-refractivity contribution in [3.8, 4) is 6.07 Å². The Kier molecular flexibility index (Phi) is 7.98. The molecule has 0 bridgehead atoms. The lowest BCUT2D eigenvalue weighted by Crippen LogP contribution is -2.32. The first-order valence-corrected chi connectivity index (χ1v) is 13.5. The molecule has 0 spiro atoms. The van der Waals surface area contributed by atoms with E-state index in [-0.39, 0.29) is 41.1 Å². The van der Waals surface area contributed by atoms with Gasteiger partial charge in [0.2, 0.25) is 10.0 Å². The van der Waals surface area contributed by atoms with Crippen LogP contribution in [0.3, 0.4) is 0 Å². The largest absolute Gasteiger partial charge is 0.477 e. The van der Waals surface area contributed by atoms with Gasteiger partial charge in [0.25, 0.3) is 0 Å². The summed E-state index contributed by atoms with van der Waals surface area (Å²) in [6.45, 7) is 2.44. The Morgan fingerprint density at radius 3 is 2.49 bits per heavy atom. The summed E-state index contributed by atoms with van der Waals surface area (Å²) in [7, 11) is -3.82. The lowest BCUT2D eigenvalue weighted by molar-refractivity contribution is 0.0686. The van der Waals surface area contributed by atoms with Crippen molar-refractivity contribution in [1.29, 1.82) is 5.26 Å². The molecule has 0 saturated heterocycles. The van der Waals surface area contributed by atoms with Crippen molar-refractivity contribution in [2.75, 3.05) is 12.3 Å². The summed E-state index contributed by atoms with van der Waals surface area (Å²) in [6.07, 6.45) is 1.19. The van der Waals surface area contributed by atoms with E-state index in [9.17, 15) is 23.4 Å². The van der Waals surface area contributed by atoms with E-state index < -0.39 is 22.1 Å². The number of aliphatic hydroxyl groups is 1. The molecule has 39 heavy (non-hydrogen) atoms. The summed E-state index contributed by atoms with van der Waals surface area (Å²) < 4.78 is 24.7. The minimum Gasteiger partial charge on any atom is -0.477 e. The van der Waals surface area contributed by atoms with Crippen LogP contribution in [0.5, 0.6) is 0 Å². The smallest absolute Gasteiger partial charge is 0.352 e. The molecule has 4 rings (SSSR count). The number of nitrogens with two attached hydrogens (primary N) is 2. The summed E-state index contributed by atoms with van der Waals surface area (Å²) in [6, 6.07) is 16.8. The Labute approximate surface area is 225 Å². The zero-order valence-corrected chi connectivity index (χ0v) is 21.9. The number of aromatic carboxylic acids is 1. The maximum absolute atomic E-state index is 12.0. The summed E-state index contributed by atoms with van der Waals surface area (Å²) in [5, 5.41) is 38.6. The van der Waals surface area contributed by atoms with Crippen LogP contribution in [0.15, 0.2) is 65.7 Å². The van der Waals surface area contributed by atoms with Crippen molar-refractivity contribution >= 4 is 32.7 Å². The number of benzene rings is 2. The lowest BCUT2D eigenvalue weighted by atomic mass is 10.0. The van der Waals surface area contributed by atoms with Gasteiger partial charge in [-0.1, -0.05) is 18.2 Å². The van der Waals surface area contributed by atoms with Gasteiger partial charge in [0, 0.05) is 41.8 Å². The van der Waals surface area contributed by atoms with E-state index in [4.69, 9.17) is 16.1 Å². The first kappa shape index (κ1) is 27.7. The SMILES string of the molecule is CC(Cc1ccc2c(c1)cc(C(=O)O)n2Cc1ccc(S(N)(=O)=O)cc1)NCC(O)c1cnc(N)c(C#N)c1. The summed E-state index contributed by atoms with van der Waals surface area (Å²) in [5.41, 5.74) is 8.88. The number of nitrogens with zero attached hydrogens (tertiary/aromatic N) is 3. The van der Waals surface area contributed by atoms with Gasteiger partial charge in [-0.05, 0) is 60.9 Å². The zero-order valence-electron chi connectivity index (χ0n) is 21.1. The van der Waals surface area contributed by atoms with E-state index >= 15 is 0 Å². The zero-order chi connectivity index (χ0) is 28.3. The summed E-state index contributed by atoms with van der Waals surface area (Å²) in [4.78, 5) is 15.9. The molecule has 2 atom stereocenters. The van der Waals surface area contributed by atoms with Crippen molar-refractivity contribution in [3.63, 3.8) is 0 Å². The molecule has 11 nitrogen and oxygen atoms in total. The number of aromatic nitrogens is 2. The molecule has 0 amide bonds. The maximum atomic E-state index is 12.0. The quantitative estimate of drug-likeness (QED) is 0.197. The van der Waals surface area contributed by atoms with Crippen LogP contribution < -0.4 is 16.2 Å². The average molecular weight is 549 g/mol. The van der Waals surface area contributed by atoms with Crippen LogP contribution in [0, 0.1) is 11.3 Å². The fraction of sp³-hybridized carbons (Fsp3) is 0.222. The monoisotopic (exact) mass is 548 g/mol. The van der Waals surface area contributed by atoms with E-state index in [1.165, 1.54) is 24.4 Å². The molecular weight excluding hydrogens is 520 g/mol. The lowest BCUT2D eigenvalue weighted by Gasteiger charge is -2.18. The average Bonchev–Trinajstić information content (AvgIpc) is 3.25. The fourth-order valence-electron chi connectivity index (χ4n) is 4.38. The Morgan fingerprint density at radius 1 is 1.15 bits per heavy atom. The van der Waals surface area contributed by atoms with Gasteiger partial charge in [0.1, 0.15) is 17.6 Å². The normalized spacial score (nSPS) is 13.2. The minimum atomic E-state index is -3.82. The molecule has 202 valence electrons. The molecule has 2 aromatic heterocycles. The Hall–Kier alpha value is -4.28. The number of nitriles is 1. The van der Waals surface area contributed by atoms with E-state index in [2.05, 4.69) is 10.3 Å².